The van der Waals surface area contributed by atoms with E-state index in [1.54, 1.807) is 30.3 Å². The number of hydrogen-bond donors (Lipinski definition) is 3. The number of aromatic amines is 1. The molecule has 0 aliphatic carbocycles. The highest BCUT2D eigenvalue weighted by Gasteiger charge is 2.64. The molecule has 0 saturated carbocycles. The highest BCUT2D eigenvalue weighted by Crippen LogP contribution is 2.45. The van der Waals surface area contributed by atoms with Crippen LogP contribution in [-0.2, 0) is 9.59 Å². The van der Waals surface area contributed by atoms with Crippen LogP contribution in [0, 0.1) is 5.41 Å². The summed E-state index contributed by atoms with van der Waals surface area (Å²) < 4.78 is 39.4. The number of nitrogens with one attached hydrogen (secondary N) is 2. The highest BCUT2D eigenvalue weighted by molar-refractivity contribution is 5.99. The van der Waals surface area contributed by atoms with Gasteiger partial charge in [-0.15, -0.1) is 0 Å². The van der Waals surface area contributed by atoms with Crippen molar-refractivity contribution in [1.29, 1.82) is 0 Å². The third-order valence-corrected chi connectivity index (χ3v) is 4.75. The number of carboxylic acids is 1. The molecule has 1 aromatic carbocycles. The van der Waals surface area contributed by atoms with Crippen molar-refractivity contribution in [3.63, 3.8) is 0 Å². The van der Waals surface area contributed by atoms with Crippen LogP contribution in [0.2, 0.25) is 0 Å². The van der Waals surface area contributed by atoms with E-state index < -0.39 is 48.9 Å². The van der Waals surface area contributed by atoms with Gasteiger partial charge in [0.2, 0.25) is 5.91 Å². The fourth-order valence-electron chi connectivity index (χ4n) is 3.11. The number of H-pyrrole nitrogens is 1. The average molecular weight is 383 g/mol. The number of rotatable bonds is 4. The minimum Gasteiger partial charge on any atom is -0.481 e. The van der Waals surface area contributed by atoms with Gasteiger partial charge in [0.05, 0.1) is 6.54 Å². The predicted molar refractivity (Wildman–Crippen MR) is 88.0 cm³/mol. The number of alkyl halides is 3. The van der Waals surface area contributed by atoms with E-state index in [9.17, 15) is 27.6 Å². The second-order valence-electron chi connectivity index (χ2n) is 6.40. The SMILES string of the molecule is O=C(NCC(=O)N1CCC(C(=O)O)(C(F)(F)F)C1)c1cc2ccccc2[nH]1. The maximum atomic E-state index is 13.1. The molecule has 1 aromatic heterocycles. The van der Waals surface area contributed by atoms with Crippen LogP contribution in [0.4, 0.5) is 13.2 Å². The highest BCUT2D eigenvalue weighted by atomic mass is 19.4. The molecule has 144 valence electrons. The van der Waals surface area contributed by atoms with Crippen LogP contribution in [0.3, 0.4) is 0 Å². The predicted octanol–water partition coefficient (Wildman–Crippen LogP) is 1.76. The number of amides is 2. The van der Waals surface area contributed by atoms with Crippen molar-refractivity contribution in [3.8, 4) is 0 Å². The first-order valence-corrected chi connectivity index (χ1v) is 8.08. The van der Waals surface area contributed by atoms with Crippen molar-refractivity contribution < 1.29 is 32.7 Å². The minimum absolute atomic E-state index is 0.209. The lowest BCUT2D eigenvalue weighted by Crippen LogP contribution is -2.48. The Labute approximate surface area is 151 Å². The Hall–Kier alpha value is -3.04. The molecule has 1 unspecified atom stereocenters. The van der Waals surface area contributed by atoms with E-state index in [4.69, 9.17) is 5.11 Å². The number of aromatic nitrogens is 1. The second-order valence-corrected chi connectivity index (χ2v) is 6.40. The number of benzene rings is 1. The monoisotopic (exact) mass is 383 g/mol. The normalized spacial score (nSPS) is 20.0. The van der Waals surface area contributed by atoms with E-state index in [-0.39, 0.29) is 12.2 Å². The molecule has 1 aliphatic heterocycles. The molecule has 2 heterocycles. The van der Waals surface area contributed by atoms with E-state index in [2.05, 4.69) is 10.3 Å². The number of likely N-dealkylation sites (tertiary alicyclic amines) is 1. The quantitative estimate of drug-likeness (QED) is 0.749. The van der Waals surface area contributed by atoms with Crippen molar-refractivity contribution in [2.45, 2.75) is 12.6 Å². The van der Waals surface area contributed by atoms with Gasteiger partial charge < -0.3 is 20.3 Å². The van der Waals surface area contributed by atoms with E-state index in [1.165, 1.54) is 0 Å². The zero-order valence-electron chi connectivity index (χ0n) is 14.0. The smallest absolute Gasteiger partial charge is 0.406 e. The molecule has 3 rings (SSSR count). The van der Waals surface area contributed by atoms with E-state index >= 15 is 0 Å². The summed E-state index contributed by atoms with van der Waals surface area (Å²) in [7, 11) is 0. The zero-order valence-corrected chi connectivity index (χ0v) is 14.0. The Balaban J connectivity index is 1.62. The Morgan fingerprint density at radius 1 is 1.26 bits per heavy atom. The lowest BCUT2D eigenvalue weighted by molar-refractivity contribution is -0.227. The molecule has 1 aliphatic rings. The summed E-state index contributed by atoms with van der Waals surface area (Å²) in [6.07, 6.45) is -5.69. The summed E-state index contributed by atoms with van der Waals surface area (Å²) in [5.74, 6) is -3.36. The van der Waals surface area contributed by atoms with Gasteiger partial charge in [0, 0.05) is 24.0 Å². The molecule has 0 spiro atoms. The number of carbonyl (C=O) groups excluding carboxylic acids is 2. The van der Waals surface area contributed by atoms with Crippen LogP contribution in [0.25, 0.3) is 10.9 Å². The van der Waals surface area contributed by atoms with Gasteiger partial charge >= 0.3 is 12.1 Å². The van der Waals surface area contributed by atoms with E-state index in [1.807, 2.05) is 0 Å². The summed E-state index contributed by atoms with van der Waals surface area (Å²) in [6.45, 7) is -1.83. The first-order valence-electron chi connectivity index (χ1n) is 8.08. The number of halogens is 3. The molecule has 27 heavy (non-hydrogen) atoms. The number of aliphatic carboxylic acids is 1. The summed E-state index contributed by atoms with van der Waals surface area (Å²) in [5, 5.41) is 12.1. The molecular formula is C17H16F3N3O4. The number of para-hydroxylation sites is 1. The fourth-order valence-corrected chi connectivity index (χ4v) is 3.11. The van der Waals surface area contributed by atoms with Gasteiger partial charge in [0.25, 0.3) is 5.91 Å². The van der Waals surface area contributed by atoms with Gasteiger partial charge in [-0.05, 0) is 18.6 Å². The molecule has 7 nitrogen and oxygen atoms in total. The third kappa shape index (κ3) is 3.34. The topological polar surface area (TPSA) is 102 Å². The van der Waals surface area contributed by atoms with E-state index in [0.29, 0.717) is 0 Å². The molecule has 0 radical (unpaired) electrons. The standard InChI is InChI=1S/C17H16F3N3O4/c18-17(19,20)16(15(26)27)5-6-23(9-16)13(24)8-21-14(25)12-7-10-3-1-2-4-11(10)22-12/h1-4,7,22H,5-6,8-9H2,(H,21,25)(H,26,27). The minimum atomic E-state index is -4.97. The first kappa shape index (κ1) is 18.7. The lowest BCUT2D eigenvalue weighted by atomic mass is 9.86. The van der Waals surface area contributed by atoms with Gasteiger partial charge in [-0.25, -0.2) is 0 Å². The van der Waals surface area contributed by atoms with Gasteiger partial charge in [0.15, 0.2) is 5.41 Å². The molecule has 2 amide bonds. The Morgan fingerprint density at radius 3 is 2.56 bits per heavy atom. The van der Waals surface area contributed by atoms with Gasteiger partial charge in [-0.1, -0.05) is 18.2 Å². The number of nitrogens with zero attached hydrogens (tertiary/aromatic N) is 1. The van der Waals surface area contributed by atoms with Gasteiger partial charge in [0.1, 0.15) is 5.69 Å². The summed E-state index contributed by atoms with van der Waals surface area (Å²) in [4.78, 5) is 39.1. The molecule has 1 atom stereocenters. The summed E-state index contributed by atoms with van der Waals surface area (Å²) >= 11 is 0. The van der Waals surface area contributed by atoms with Crippen molar-refractivity contribution in [2.75, 3.05) is 19.6 Å². The molecule has 1 fully saturated rings. The van der Waals surface area contributed by atoms with E-state index in [0.717, 1.165) is 15.8 Å². The van der Waals surface area contributed by atoms with Crippen LogP contribution in [0.1, 0.15) is 16.9 Å². The molecular weight excluding hydrogens is 367 g/mol. The molecule has 1 saturated heterocycles. The maximum absolute atomic E-state index is 13.1. The Morgan fingerprint density at radius 2 is 1.96 bits per heavy atom. The van der Waals surface area contributed by atoms with Crippen LogP contribution in [0.5, 0.6) is 0 Å². The number of carboxylic acid groups (broad SMARTS) is 1. The van der Waals surface area contributed by atoms with Gasteiger partial charge in [-0.3, -0.25) is 14.4 Å². The molecule has 0 bridgehead atoms. The van der Waals surface area contributed by atoms with Crippen LogP contribution < -0.4 is 5.32 Å². The number of hydrogen-bond acceptors (Lipinski definition) is 3. The Kier molecular flexibility index (Phi) is 4.58. The summed E-state index contributed by atoms with van der Waals surface area (Å²) in [6, 6.07) is 8.73. The van der Waals surface area contributed by atoms with Crippen molar-refractivity contribution in [2.24, 2.45) is 5.41 Å². The van der Waals surface area contributed by atoms with Crippen LogP contribution >= 0.6 is 0 Å². The Bertz CT molecular complexity index is 875. The largest absolute Gasteiger partial charge is 0.481 e. The fraction of sp³-hybridized carbons (Fsp3) is 0.353. The molecule has 3 N–H and O–H groups in total. The van der Waals surface area contributed by atoms with Crippen molar-refractivity contribution in [1.82, 2.24) is 15.2 Å². The second kappa shape index (κ2) is 6.60. The zero-order chi connectivity index (χ0) is 19.8. The molecule has 2 aromatic rings. The number of fused-ring (bicyclic) bond motifs is 1. The molecule has 10 heteroatoms. The number of carbonyl (C=O) groups is 3. The lowest BCUT2D eigenvalue weighted by Gasteiger charge is -2.27. The maximum Gasteiger partial charge on any atom is 0.406 e. The van der Waals surface area contributed by atoms with Crippen LogP contribution in [-0.4, -0.2) is 58.6 Å². The third-order valence-electron chi connectivity index (χ3n) is 4.75. The van der Waals surface area contributed by atoms with Crippen molar-refractivity contribution >= 4 is 28.7 Å². The van der Waals surface area contributed by atoms with Crippen molar-refractivity contribution in [3.05, 3.63) is 36.0 Å². The van der Waals surface area contributed by atoms with Crippen LogP contribution in [0.15, 0.2) is 30.3 Å². The average Bonchev–Trinajstić information content (AvgIpc) is 3.23. The summed E-state index contributed by atoms with van der Waals surface area (Å²) in [5.41, 5.74) is -2.03. The van der Waals surface area contributed by atoms with Gasteiger partial charge in [-0.2, -0.15) is 13.2 Å². The first-order chi connectivity index (χ1) is 12.6.